The van der Waals surface area contributed by atoms with E-state index in [1.807, 2.05) is 30.3 Å². The van der Waals surface area contributed by atoms with Crippen molar-refractivity contribution >= 4 is 5.91 Å². The van der Waals surface area contributed by atoms with Crippen LogP contribution in [0.25, 0.3) is 0 Å². The fraction of sp³-hybridized carbons (Fsp3) is 0.480. The summed E-state index contributed by atoms with van der Waals surface area (Å²) in [5.74, 6) is 1.91. The van der Waals surface area contributed by atoms with Gasteiger partial charge in [-0.05, 0) is 76.2 Å². The normalized spacial score (nSPS) is 21.4. The van der Waals surface area contributed by atoms with Gasteiger partial charge in [-0.1, -0.05) is 48.5 Å². The second-order valence-electron chi connectivity index (χ2n) is 8.42. The smallest absolute Gasteiger partial charge is 0.260 e. The lowest BCUT2D eigenvalue weighted by atomic mass is 9.76. The predicted molar refractivity (Wildman–Crippen MR) is 118 cm³/mol. The average Bonchev–Trinajstić information content (AvgIpc) is 2.74. The molecule has 156 valence electrons. The van der Waals surface area contributed by atoms with Crippen molar-refractivity contribution in [3.05, 3.63) is 66.2 Å². The summed E-state index contributed by atoms with van der Waals surface area (Å²) in [4.78, 5) is 14.7. The molecule has 2 unspecified atom stereocenters. The third kappa shape index (κ3) is 6.07. The Kier molecular flexibility index (Phi) is 7.70. The Morgan fingerprint density at radius 1 is 1.00 bits per heavy atom. The minimum absolute atomic E-state index is 0.0357. The molecule has 0 saturated heterocycles. The molecule has 3 rings (SSSR count). The first-order chi connectivity index (χ1) is 14.0. The van der Waals surface area contributed by atoms with E-state index in [2.05, 4.69) is 54.6 Å². The molecule has 1 N–H and O–H groups in total. The van der Waals surface area contributed by atoms with Crippen LogP contribution < -0.4 is 10.1 Å². The third-order valence-electron chi connectivity index (χ3n) is 6.03. The summed E-state index contributed by atoms with van der Waals surface area (Å²) < 4.78 is 5.72. The molecule has 2 atom stereocenters. The zero-order valence-electron chi connectivity index (χ0n) is 17.9. The molecular formula is C25H34N2O2. The van der Waals surface area contributed by atoms with Gasteiger partial charge in [0.25, 0.3) is 5.91 Å². The maximum Gasteiger partial charge on any atom is 0.260 e. The number of hydrogen-bond donors (Lipinski definition) is 1. The molecule has 0 aliphatic heterocycles. The average molecular weight is 395 g/mol. The Bertz CT molecular complexity index is 740. The molecule has 0 bridgehead atoms. The molecule has 0 aromatic heterocycles. The molecule has 4 heteroatoms. The number of benzene rings is 2. The molecule has 1 saturated carbocycles. The maximum absolute atomic E-state index is 12.4. The van der Waals surface area contributed by atoms with Crippen molar-refractivity contribution in [2.75, 3.05) is 20.6 Å². The molecule has 1 aliphatic carbocycles. The van der Waals surface area contributed by atoms with Crippen molar-refractivity contribution in [2.45, 2.75) is 44.8 Å². The minimum Gasteiger partial charge on any atom is -0.481 e. The first-order valence-electron chi connectivity index (χ1n) is 10.8. The summed E-state index contributed by atoms with van der Waals surface area (Å²) in [5.41, 5.74) is 1.40. The molecule has 4 nitrogen and oxygen atoms in total. The number of carbonyl (C=O) groups is 1. The zero-order valence-corrected chi connectivity index (χ0v) is 17.9. The number of rotatable bonds is 8. The first-order valence-corrected chi connectivity index (χ1v) is 10.8. The van der Waals surface area contributed by atoms with Gasteiger partial charge in [-0.15, -0.1) is 0 Å². The van der Waals surface area contributed by atoms with Crippen molar-refractivity contribution in [1.29, 1.82) is 0 Å². The van der Waals surface area contributed by atoms with Gasteiger partial charge in [-0.3, -0.25) is 4.79 Å². The molecule has 0 radical (unpaired) electrons. The number of amides is 1. The lowest BCUT2D eigenvalue weighted by Crippen LogP contribution is -2.40. The number of ether oxygens (including phenoxy) is 1. The van der Waals surface area contributed by atoms with Crippen LogP contribution in [-0.2, 0) is 4.79 Å². The lowest BCUT2D eigenvalue weighted by molar-refractivity contribution is -0.127. The van der Waals surface area contributed by atoms with Crippen molar-refractivity contribution in [3.63, 3.8) is 0 Å². The van der Waals surface area contributed by atoms with E-state index in [1.54, 1.807) is 6.92 Å². The van der Waals surface area contributed by atoms with Crippen LogP contribution >= 0.6 is 0 Å². The molecule has 1 fully saturated rings. The van der Waals surface area contributed by atoms with Gasteiger partial charge < -0.3 is 15.0 Å². The maximum atomic E-state index is 12.4. The van der Waals surface area contributed by atoms with E-state index >= 15 is 0 Å². The Hall–Kier alpha value is -2.33. The Labute approximate surface area is 175 Å². The number of carbonyl (C=O) groups excluding carboxylic acids is 1. The van der Waals surface area contributed by atoms with Crippen LogP contribution in [0.2, 0.25) is 0 Å². The van der Waals surface area contributed by atoms with Crippen LogP contribution in [-0.4, -0.2) is 37.6 Å². The molecule has 1 aliphatic rings. The summed E-state index contributed by atoms with van der Waals surface area (Å²) in [7, 11) is 4.36. The predicted octanol–water partition coefficient (Wildman–Crippen LogP) is 4.68. The summed E-state index contributed by atoms with van der Waals surface area (Å²) in [6.45, 7) is 2.55. The standard InChI is InChI=1S/C25H34N2O2/c1-19(29-23-12-8-5-9-13-23)25(28)26-18-20-14-16-22(17-15-20)24(27(2)3)21-10-6-4-7-11-21/h4-13,19-20,22,24H,14-18H2,1-3H3,(H,26,28). The molecular weight excluding hydrogens is 360 g/mol. The van der Waals surface area contributed by atoms with Gasteiger partial charge in [0, 0.05) is 12.6 Å². The van der Waals surface area contributed by atoms with Crippen LogP contribution in [0.4, 0.5) is 0 Å². The van der Waals surface area contributed by atoms with E-state index < -0.39 is 6.10 Å². The van der Waals surface area contributed by atoms with Crippen molar-refractivity contribution in [3.8, 4) is 5.75 Å². The van der Waals surface area contributed by atoms with Gasteiger partial charge in [0.2, 0.25) is 0 Å². The molecule has 0 heterocycles. The third-order valence-corrected chi connectivity index (χ3v) is 6.03. The molecule has 0 spiro atoms. The van der Waals surface area contributed by atoms with Gasteiger partial charge in [-0.25, -0.2) is 0 Å². The van der Waals surface area contributed by atoms with Gasteiger partial charge in [-0.2, -0.15) is 0 Å². The molecule has 2 aromatic rings. The zero-order chi connectivity index (χ0) is 20.6. The number of hydrogen-bond acceptors (Lipinski definition) is 3. The highest BCUT2D eigenvalue weighted by molar-refractivity contribution is 5.80. The first kappa shape index (κ1) is 21.4. The summed E-state index contributed by atoms with van der Waals surface area (Å²) >= 11 is 0. The molecule has 29 heavy (non-hydrogen) atoms. The summed E-state index contributed by atoms with van der Waals surface area (Å²) in [6, 6.07) is 20.8. The number of para-hydroxylation sites is 1. The van der Waals surface area contributed by atoms with Crippen LogP contribution in [0.1, 0.15) is 44.2 Å². The van der Waals surface area contributed by atoms with E-state index in [9.17, 15) is 4.79 Å². The highest BCUT2D eigenvalue weighted by Crippen LogP contribution is 2.39. The van der Waals surface area contributed by atoms with E-state index in [4.69, 9.17) is 4.74 Å². The van der Waals surface area contributed by atoms with E-state index in [-0.39, 0.29) is 5.91 Å². The van der Waals surface area contributed by atoms with Crippen LogP contribution in [0.15, 0.2) is 60.7 Å². The van der Waals surface area contributed by atoms with E-state index in [1.165, 1.54) is 18.4 Å². The van der Waals surface area contributed by atoms with Crippen LogP contribution in [0.5, 0.6) is 5.75 Å². The van der Waals surface area contributed by atoms with Crippen LogP contribution in [0, 0.1) is 11.8 Å². The SMILES string of the molecule is CC(Oc1ccccc1)C(=O)NCC1CCC(C(c2ccccc2)N(C)C)CC1. The largest absolute Gasteiger partial charge is 0.481 e. The van der Waals surface area contributed by atoms with Crippen LogP contribution in [0.3, 0.4) is 0 Å². The topological polar surface area (TPSA) is 41.6 Å². The van der Waals surface area contributed by atoms with Gasteiger partial charge in [0.05, 0.1) is 0 Å². The van der Waals surface area contributed by atoms with Crippen molar-refractivity contribution in [1.82, 2.24) is 10.2 Å². The van der Waals surface area contributed by atoms with E-state index in [0.717, 1.165) is 25.1 Å². The molecule has 1 amide bonds. The van der Waals surface area contributed by atoms with Crippen molar-refractivity contribution in [2.24, 2.45) is 11.8 Å². The number of nitrogens with one attached hydrogen (secondary N) is 1. The quantitative estimate of drug-likeness (QED) is 0.707. The highest BCUT2D eigenvalue weighted by atomic mass is 16.5. The van der Waals surface area contributed by atoms with Gasteiger partial charge in [0.1, 0.15) is 5.75 Å². The lowest BCUT2D eigenvalue weighted by Gasteiger charge is -2.37. The summed E-state index contributed by atoms with van der Waals surface area (Å²) in [5, 5.41) is 3.10. The highest BCUT2D eigenvalue weighted by Gasteiger charge is 2.30. The summed E-state index contributed by atoms with van der Waals surface area (Å²) in [6.07, 6.45) is 4.25. The minimum atomic E-state index is -0.482. The van der Waals surface area contributed by atoms with Gasteiger partial charge >= 0.3 is 0 Å². The second kappa shape index (κ2) is 10.4. The Morgan fingerprint density at radius 2 is 1.59 bits per heavy atom. The molecule has 2 aromatic carbocycles. The monoisotopic (exact) mass is 394 g/mol. The van der Waals surface area contributed by atoms with Gasteiger partial charge in [0.15, 0.2) is 6.10 Å². The van der Waals surface area contributed by atoms with Crippen molar-refractivity contribution < 1.29 is 9.53 Å². The Morgan fingerprint density at radius 3 is 2.17 bits per heavy atom. The second-order valence-corrected chi connectivity index (χ2v) is 8.42. The van der Waals surface area contributed by atoms with E-state index in [0.29, 0.717) is 17.9 Å². The fourth-order valence-corrected chi connectivity index (χ4v) is 4.50. The fourth-order valence-electron chi connectivity index (χ4n) is 4.50. The Balaban J connectivity index is 1.45. The number of nitrogens with zero attached hydrogens (tertiary/aromatic N) is 1.